The van der Waals surface area contributed by atoms with Gasteiger partial charge < -0.3 is 15.0 Å². The van der Waals surface area contributed by atoms with Gasteiger partial charge in [-0.05, 0) is 29.8 Å². The topological polar surface area (TPSA) is 85.0 Å². The second-order valence-electron chi connectivity index (χ2n) is 8.02. The molecule has 7 nitrogen and oxygen atoms in total. The number of nitrogens with one attached hydrogen (secondary N) is 1. The summed E-state index contributed by atoms with van der Waals surface area (Å²) in [5, 5.41) is 16.5. The Morgan fingerprint density at radius 2 is 1.91 bits per heavy atom. The highest BCUT2D eigenvalue weighted by Gasteiger charge is 2.18. The van der Waals surface area contributed by atoms with E-state index in [1.54, 1.807) is 59.7 Å². The number of fused-ring (bicyclic) bond motifs is 1. The average molecular weight is 455 g/mol. The van der Waals surface area contributed by atoms with Gasteiger partial charge in [-0.15, -0.1) is 0 Å². The molecule has 5 rings (SSSR count). The number of amides is 1. The third kappa shape index (κ3) is 4.06. The lowest BCUT2D eigenvalue weighted by atomic mass is 10.1. The number of aromatic nitrogens is 4. The first-order chi connectivity index (χ1) is 16.5. The lowest BCUT2D eigenvalue weighted by molar-refractivity contribution is 0.102. The number of carbonyl (C=O) groups excluding carboxylic acids is 1. The number of aryl methyl sites for hydroxylation is 1. The number of benzene rings is 2. The molecule has 34 heavy (non-hydrogen) atoms. The van der Waals surface area contributed by atoms with E-state index in [0.29, 0.717) is 27.9 Å². The van der Waals surface area contributed by atoms with Gasteiger partial charge in [0, 0.05) is 48.0 Å². The number of para-hydroxylation sites is 1. The summed E-state index contributed by atoms with van der Waals surface area (Å²) in [5.74, 6) is -0.689. The van der Waals surface area contributed by atoms with Crippen molar-refractivity contribution in [1.29, 1.82) is 0 Å². The first-order valence-corrected chi connectivity index (χ1v) is 10.7. The van der Waals surface area contributed by atoms with E-state index in [4.69, 9.17) is 0 Å². The molecule has 0 bridgehead atoms. The largest absolute Gasteiger partial charge is 0.392 e. The minimum Gasteiger partial charge on any atom is -0.392 e. The number of rotatable bonds is 6. The predicted octanol–water partition coefficient (Wildman–Crippen LogP) is 4.37. The molecule has 0 radical (unpaired) electrons. The van der Waals surface area contributed by atoms with E-state index in [0.717, 1.165) is 16.6 Å². The number of anilines is 1. The van der Waals surface area contributed by atoms with Gasteiger partial charge in [-0.25, -0.2) is 4.39 Å². The molecular weight excluding hydrogens is 433 g/mol. The van der Waals surface area contributed by atoms with Crippen LogP contribution in [0.5, 0.6) is 0 Å². The van der Waals surface area contributed by atoms with Gasteiger partial charge in [0.25, 0.3) is 5.91 Å². The second kappa shape index (κ2) is 8.92. The van der Waals surface area contributed by atoms with Gasteiger partial charge in [0.2, 0.25) is 0 Å². The fraction of sp³-hybridized carbons (Fsp3) is 0.115. The van der Waals surface area contributed by atoms with Crippen LogP contribution in [0.4, 0.5) is 10.1 Å². The predicted molar refractivity (Wildman–Crippen MR) is 128 cm³/mol. The van der Waals surface area contributed by atoms with Crippen LogP contribution in [0.1, 0.15) is 21.5 Å². The van der Waals surface area contributed by atoms with E-state index in [1.807, 2.05) is 29.9 Å². The van der Waals surface area contributed by atoms with Crippen molar-refractivity contribution in [3.05, 3.63) is 102 Å². The van der Waals surface area contributed by atoms with E-state index in [1.165, 1.54) is 6.07 Å². The van der Waals surface area contributed by atoms with Gasteiger partial charge in [-0.1, -0.05) is 30.3 Å². The normalized spacial score (nSPS) is 11.1. The van der Waals surface area contributed by atoms with Crippen LogP contribution in [0.2, 0.25) is 0 Å². The van der Waals surface area contributed by atoms with Crippen LogP contribution < -0.4 is 5.32 Å². The molecule has 0 saturated heterocycles. The number of halogens is 1. The Morgan fingerprint density at radius 1 is 1.06 bits per heavy atom. The smallest absolute Gasteiger partial charge is 0.259 e. The number of hydrogen-bond acceptors (Lipinski definition) is 4. The Labute approximate surface area is 195 Å². The molecule has 2 N–H and O–H groups in total. The quantitative estimate of drug-likeness (QED) is 0.398. The summed E-state index contributed by atoms with van der Waals surface area (Å²) in [5.41, 5.74) is 4.84. The fourth-order valence-electron chi connectivity index (χ4n) is 4.00. The van der Waals surface area contributed by atoms with E-state index in [9.17, 15) is 9.90 Å². The zero-order valence-electron chi connectivity index (χ0n) is 18.4. The number of pyridine rings is 1. The fourth-order valence-corrected chi connectivity index (χ4v) is 4.00. The zero-order valence-corrected chi connectivity index (χ0v) is 18.4. The van der Waals surface area contributed by atoms with Crippen molar-refractivity contribution >= 4 is 22.6 Å². The minimum atomic E-state index is -0.351. The molecule has 0 spiro atoms. The van der Waals surface area contributed by atoms with Crippen molar-refractivity contribution in [3.63, 3.8) is 0 Å². The van der Waals surface area contributed by atoms with Crippen LogP contribution in [0.15, 0.2) is 79.4 Å². The maximum absolute atomic E-state index is 15.0. The van der Waals surface area contributed by atoms with Crippen molar-refractivity contribution in [2.45, 2.75) is 13.2 Å². The number of nitrogens with zero attached hydrogens (tertiary/aromatic N) is 4. The number of carbonyl (C=O) groups is 1. The maximum atomic E-state index is 15.0. The van der Waals surface area contributed by atoms with Gasteiger partial charge in [-0.2, -0.15) is 5.10 Å². The summed E-state index contributed by atoms with van der Waals surface area (Å²) in [4.78, 5) is 17.5. The minimum absolute atomic E-state index is 0.190. The highest BCUT2D eigenvalue weighted by molar-refractivity contribution is 6.12. The lowest BCUT2D eigenvalue weighted by Crippen LogP contribution is -2.13. The summed E-state index contributed by atoms with van der Waals surface area (Å²) < 4.78 is 18.5. The number of hydrogen-bond donors (Lipinski definition) is 2. The highest BCUT2D eigenvalue weighted by Crippen LogP contribution is 2.25. The van der Waals surface area contributed by atoms with Crippen LogP contribution in [0.3, 0.4) is 0 Å². The summed E-state index contributed by atoms with van der Waals surface area (Å²) in [7, 11) is 1.82. The Bertz CT molecular complexity index is 1500. The van der Waals surface area contributed by atoms with Crippen molar-refractivity contribution in [1.82, 2.24) is 19.3 Å². The van der Waals surface area contributed by atoms with Gasteiger partial charge >= 0.3 is 0 Å². The molecule has 2 aromatic carbocycles. The molecule has 0 atom stereocenters. The summed E-state index contributed by atoms with van der Waals surface area (Å²) >= 11 is 0. The second-order valence-corrected chi connectivity index (χ2v) is 8.02. The average Bonchev–Trinajstić information content (AvgIpc) is 3.45. The van der Waals surface area contributed by atoms with E-state index >= 15 is 4.39 Å². The van der Waals surface area contributed by atoms with Crippen LogP contribution in [0, 0.1) is 5.82 Å². The van der Waals surface area contributed by atoms with Crippen LogP contribution >= 0.6 is 0 Å². The maximum Gasteiger partial charge on any atom is 0.259 e. The van der Waals surface area contributed by atoms with Crippen LogP contribution in [0.25, 0.3) is 22.2 Å². The van der Waals surface area contributed by atoms with Crippen molar-refractivity contribution in [3.8, 4) is 11.1 Å². The molecule has 0 aliphatic carbocycles. The van der Waals surface area contributed by atoms with E-state index in [2.05, 4.69) is 15.4 Å². The summed E-state index contributed by atoms with van der Waals surface area (Å²) in [6.07, 6.45) is 6.83. The van der Waals surface area contributed by atoms with E-state index in [-0.39, 0.29) is 24.9 Å². The standard InChI is InChI=1S/C26H22FN5O2/c1-31-13-20(12-29-31)17-8-9-18(22(27)11-17)14-32-15-21(25-24(32)7-4-10-28-25)26(34)30-23-6-3-2-5-19(23)16-33/h2-13,15,33H,14,16H2,1H3,(H,30,34). The van der Waals surface area contributed by atoms with Gasteiger partial charge in [0.05, 0.1) is 30.4 Å². The molecule has 3 heterocycles. The summed E-state index contributed by atoms with van der Waals surface area (Å²) in [6.45, 7) is 0.0482. The molecule has 8 heteroatoms. The molecule has 0 fully saturated rings. The summed E-state index contributed by atoms with van der Waals surface area (Å²) in [6, 6.07) is 15.8. The Morgan fingerprint density at radius 3 is 2.68 bits per heavy atom. The molecule has 0 aliphatic rings. The Hall–Kier alpha value is -4.30. The van der Waals surface area contributed by atoms with Gasteiger partial charge in [0.1, 0.15) is 11.3 Å². The molecule has 0 aliphatic heterocycles. The molecule has 5 aromatic rings. The van der Waals surface area contributed by atoms with Crippen molar-refractivity contribution in [2.24, 2.45) is 7.05 Å². The Balaban J connectivity index is 1.46. The van der Waals surface area contributed by atoms with Crippen molar-refractivity contribution in [2.75, 3.05) is 5.32 Å². The monoisotopic (exact) mass is 455 g/mol. The molecule has 0 saturated carbocycles. The highest BCUT2D eigenvalue weighted by atomic mass is 19.1. The molecule has 1 amide bonds. The number of aliphatic hydroxyl groups is 1. The van der Waals surface area contributed by atoms with Crippen LogP contribution in [-0.4, -0.2) is 30.3 Å². The first-order valence-electron chi connectivity index (χ1n) is 10.7. The first kappa shape index (κ1) is 21.5. The van der Waals surface area contributed by atoms with Crippen molar-refractivity contribution < 1.29 is 14.3 Å². The Kier molecular flexibility index (Phi) is 5.65. The van der Waals surface area contributed by atoms with Gasteiger partial charge in [-0.3, -0.25) is 14.5 Å². The third-order valence-corrected chi connectivity index (χ3v) is 5.75. The van der Waals surface area contributed by atoms with Crippen LogP contribution in [-0.2, 0) is 20.2 Å². The SMILES string of the molecule is Cn1cc(-c2ccc(Cn3cc(C(=O)Nc4ccccc4CO)c4ncccc43)c(F)c2)cn1. The number of aliphatic hydroxyl groups excluding tert-OH is 1. The molecular formula is C26H22FN5O2. The zero-order chi connectivity index (χ0) is 23.7. The molecule has 3 aromatic heterocycles. The van der Waals surface area contributed by atoms with E-state index < -0.39 is 0 Å². The third-order valence-electron chi connectivity index (χ3n) is 5.75. The van der Waals surface area contributed by atoms with Gasteiger partial charge in [0.15, 0.2) is 0 Å². The lowest BCUT2D eigenvalue weighted by Gasteiger charge is -2.09. The molecule has 170 valence electrons. The molecule has 0 unspecified atom stereocenters.